The van der Waals surface area contributed by atoms with Gasteiger partial charge in [-0.25, -0.2) is 0 Å². The Bertz CT molecular complexity index is 256. The van der Waals surface area contributed by atoms with Crippen molar-refractivity contribution in [2.75, 3.05) is 0 Å². The van der Waals surface area contributed by atoms with Gasteiger partial charge in [-0.1, -0.05) is 26.8 Å². The summed E-state index contributed by atoms with van der Waals surface area (Å²) in [5.74, 6) is 0.681. The summed E-state index contributed by atoms with van der Waals surface area (Å²) in [6.45, 7) is 10.6. The summed E-state index contributed by atoms with van der Waals surface area (Å²) in [6, 6.07) is 0. The molecule has 2 rings (SSSR count). The van der Waals surface area contributed by atoms with Gasteiger partial charge in [0.2, 0.25) is 0 Å². The van der Waals surface area contributed by atoms with E-state index in [9.17, 15) is 5.11 Å². The van der Waals surface area contributed by atoms with E-state index in [-0.39, 0.29) is 10.8 Å². The molecule has 0 aromatic rings. The topological polar surface area (TPSA) is 20.2 Å². The maximum absolute atomic E-state index is 10.5. The fourth-order valence-corrected chi connectivity index (χ4v) is 3.64. The van der Waals surface area contributed by atoms with Crippen LogP contribution in [0.15, 0.2) is 12.7 Å². The number of fused-ring (bicyclic) bond motifs is 2. The zero-order valence-corrected chi connectivity index (χ0v) is 8.93. The zero-order chi connectivity index (χ0) is 9.91. The predicted octanol–water partition coefficient (Wildman–Crippen LogP) is 2.75. The standard InChI is InChI=1S/C12H20O/c1-5-12(13)8-9-6-7-11(12,4)10(9,2)3/h5,9,13H,1,6-8H2,2-4H3/t9-,11-,12+/m1/s1. The molecule has 0 radical (unpaired) electrons. The van der Waals surface area contributed by atoms with Crippen LogP contribution in [0.2, 0.25) is 0 Å². The monoisotopic (exact) mass is 180 g/mol. The molecule has 0 unspecified atom stereocenters. The third kappa shape index (κ3) is 0.775. The van der Waals surface area contributed by atoms with E-state index in [4.69, 9.17) is 0 Å². The van der Waals surface area contributed by atoms with Crippen molar-refractivity contribution in [3.05, 3.63) is 12.7 Å². The van der Waals surface area contributed by atoms with Crippen LogP contribution in [0, 0.1) is 16.7 Å². The average molecular weight is 180 g/mol. The highest BCUT2D eigenvalue weighted by Crippen LogP contribution is 2.69. The molecule has 0 amide bonds. The van der Waals surface area contributed by atoms with Crippen LogP contribution in [0.3, 0.4) is 0 Å². The first kappa shape index (κ1) is 9.26. The Morgan fingerprint density at radius 3 is 2.23 bits per heavy atom. The van der Waals surface area contributed by atoms with E-state index in [2.05, 4.69) is 27.4 Å². The highest BCUT2D eigenvalue weighted by atomic mass is 16.3. The lowest BCUT2D eigenvalue weighted by atomic mass is 9.64. The molecule has 74 valence electrons. The zero-order valence-electron chi connectivity index (χ0n) is 8.93. The molecule has 2 bridgehead atoms. The molecule has 2 saturated carbocycles. The van der Waals surface area contributed by atoms with Crippen molar-refractivity contribution in [2.45, 2.75) is 45.6 Å². The minimum Gasteiger partial charge on any atom is -0.385 e. The van der Waals surface area contributed by atoms with Gasteiger partial charge in [0, 0.05) is 5.41 Å². The van der Waals surface area contributed by atoms with Gasteiger partial charge in [0.05, 0.1) is 5.60 Å². The number of hydrogen-bond donors (Lipinski definition) is 1. The van der Waals surface area contributed by atoms with E-state index in [1.165, 1.54) is 6.42 Å². The molecule has 3 atom stereocenters. The lowest BCUT2D eigenvalue weighted by molar-refractivity contribution is -0.0507. The Balaban J connectivity index is 2.49. The second-order valence-corrected chi connectivity index (χ2v) is 5.62. The van der Waals surface area contributed by atoms with E-state index in [1.807, 2.05) is 0 Å². The van der Waals surface area contributed by atoms with E-state index < -0.39 is 5.60 Å². The summed E-state index contributed by atoms with van der Waals surface area (Å²) in [6.07, 6.45) is 5.11. The second-order valence-electron chi connectivity index (χ2n) is 5.62. The van der Waals surface area contributed by atoms with Crippen LogP contribution in [0.1, 0.15) is 40.0 Å². The van der Waals surface area contributed by atoms with E-state index in [0.29, 0.717) is 5.92 Å². The van der Waals surface area contributed by atoms with Crippen molar-refractivity contribution in [1.29, 1.82) is 0 Å². The molecule has 0 heterocycles. The third-order valence-corrected chi connectivity index (χ3v) is 5.29. The first-order valence-electron chi connectivity index (χ1n) is 5.23. The average Bonchev–Trinajstić information content (AvgIpc) is 2.36. The summed E-state index contributed by atoms with van der Waals surface area (Å²) in [5.41, 5.74) is -0.290. The quantitative estimate of drug-likeness (QED) is 0.615. The van der Waals surface area contributed by atoms with Crippen molar-refractivity contribution in [3.63, 3.8) is 0 Å². The molecule has 0 aromatic carbocycles. The fourth-order valence-electron chi connectivity index (χ4n) is 3.64. The summed E-state index contributed by atoms with van der Waals surface area (Å²) >= 11 is 0. The number of aliphatic hydroxyl groups is 1. The molecule has 0 aromatic heterocycles. The van der Waals surface area contributed by atoms with Crippen molar-refractivity contribution >= 4 is 0 Å². The van der Waals surface area contributed by atoms with Crippen molar-refractivity contribution in [1.82, 2.24) is 0 Å². The fraction of sp³-hybridized carbons (Fsp3) is 0.833. The van der Waals surface area contributed by atoms with Crippen molar-refractivity contribution < 1.29 is 5.11 Å². The second kappa shape index (κ2) is 2.20. The van der Waals surface area contributed by atoms with Gasteiger partial charge in [-0.15, -0.1) is 6.58 Å². The van der Waals surface area contributed by atoms with Crippen LogP contribution in [-0.2, 0) is 0 Å². The minimum atomic E-state index is -0.612. The molecule has 13 heavy (non-hydrogen) atoms. The third-order valence-electron chi connectivity index (χ3n) is 5.29. The summed E-state index contributed by atoms with van der Waals surface area (Å²) in [5, 5.41) is 10.5. The molecule has 0 saturated heterocycles. The van der Waals surface area contributed by atoms with Gasteiger partial charge < -0.3 is 5.11 Å². The number of rotatable bonds is 1. The van der Waals surface area contributed by atoms with Crippen LogP contribution in [0.5, 0.6) is 0 Å². The van der Waals surface area contributed by atoms with Crippen LogP contribution >= 0.6 is 0 Å². The molecule has 1 N–H and O–H groups in total. The Kier molecular flexibility index (Phi) is 1.56. The highest BCUT2D eigenvalue weighted by Gasteiger charge is 2.67. The van der Waals surface area contributed by atoms with Crippen LogP contribution in [0.25, 0.3) is 0 Å². The Hall–Kier alpha value is -0.300. The molecule has 0 spiro atoms. The van der Waals surface area contributed by atoms with Gasteiger partial charge in [0.25, 0.3) is 0 Å². The minimum absolute atomic E-state index is 0.0480. The molecular weight excluding hydrogens is 160 g/mol. The Morgan fingerprint density at radius 2 is 2.00 bits per heavy atom. The van der Waals surface area contributed by atoms with Crippen LogP contribution in [-0.4, -0.2) is 10.7 Å². The predicted molar refractivity (Wildman–Crippen MR) is 54.4 cm³/mol. The van der Waals surface area contributed by atoms with Crippen molar-refractivity contribution in [3.8, 4) is 0 Å². The highest BCUT2D eigenvalue weighted by molar-refractivity contribution is 5.23. The first-order valence-corrected chi connectivity index (χ1v) is 5.23. The van der Waals surface area contributed by atoms with Gasteiger partial charge in [0.15, 0.2) is 0 Å². The lowest BCUT2D eigenvalue weighted by Crippen LogP contribution is -2.45. The van der Waals surface area contributed by atoms with Gasteiger partial charge >= 0.3 is 0 Å². The van der Waals surface area contributed by atoms with E-state index in [0.717, 1.165) is 12.8 Å². The van der Waals surface area contributed by atoms with Gasteiger partial charge in [0.1, 0.15) is 0 Å². The smallest absolute Gasteiger partial charge is 0.0886 e. The molecule has 1 nitrogen and oxygen atoms in total. The lowest BCUT2D eigenvalue weighted by Gasteiger charge is -2.43. The van der Waals surface area contributed by atoms with Gasteiger partial charge in [-0.2, -0.15) is 0 Å². The molecule has 2 aliphatic carbocycles. The molecule has 2 aliphatic rings. The molecule has 0 aliphatic heterocycles. The van der Waals surface area contributed by atoms with Crippen LogP contribution in [0.4, 0.5) is 0 Å². The maximum Gasteiger partial charge on any atom is 0.0886 e. The largest absolute Gasteiger partial charge is 0.385 e. The molecular formula is C12H20O. The maximum atomic E-state index is 10.5. The summed E-state index contributed by atoms with van der Waals surface area (Å²) in [4.78, 5) is 0. The first-order chi connectivity index (χ1) is 5.87. The summed E-state index contributed by atoms with van der Waals surface area (Å²) < 4.78 is 0. The molecule has 1 heteroatoms. The Morgan fingerprint density at radius 1 is 1.38 bits per heavy atom. The molecule has 2 fully saturated rings. The SMILES string of the molecule is C=C[C@]1(O)C[C@H]2CC[C@]1(C)C2(C)C. The normalized spacial score (nSPS) is 52.5. The van der Waals surface area contributed by atoms with E-state index in [1.54, 1.807) is 6.08 Å². The van der Waals surface area contributed by atoms with Crippen LogP contribution < -0.4 is 0 Å². The van der Waals surface area contributed by atoms with Gasteiger partial charge in [-0.3, -0.25) is 0 Å². The van der Waals surface area contributed by atoms with E-state index >= 15 is 0 Å². The van der Waals surface area contributed by atoms with Crippen molar-refractivity contribution in [2.24, 2.45) is 16.7 Å². The summed E-state index contributed by atoms with van der Waals surface area (Å²) in [7, 11) is 0. The van der Waals surface area contributed by atoms with Gasteiger partial charge in [-0.05, 0) is 30.6 Å². The Labute approximate surface area is 80.8 Å². The number of hydrogen-bond acceptors (Lipinski definition) is 1.